The third-order valence-corrected chi connectivity index (χ3v) is 5.33. The molecular weight excluding hydrogens is 392 g/mol. The Labute approximate surface area is 180 Å². The Bertz CT molecular complexity index is 1240. The van der Waals surface area contributed by atoms with E-state index in [1.54, 1.807) is 10.6 Å². The topological polar surface area (TPSA) is 104 Å². The molecule has 156 valence electrons. The molecule has 7 heteroatoms. The fraction of sp³-hybridized carbons (Fsp3) is 0.208. The van der Waals surface area contributed by atoms with Crippen molar-refractivity contribution in [2.75, 3.05) is 6.61 Å². The van der Waals surface area contributed by atoms with Crippen molar-refractivity contribution in [3.8, 4) is 17.6 Å². The number of hydrogen-bond donors (Lipinski definition) is 1. The van der Waals surface area contributed by atoms with Crippen molar-refractivity contribution in [1.29, 1.82) is 5.26 Å². The van der Waals surface area contributed by atoms with Gasteiger partial charge in [0.15, 0.2) is 12.4 Å². The second kappa shape index (κ2) is 8.36. The zero-order chi connectivity index (χ0) is 22.0. The number of fused-ring (bicyclic) bond motifs is 1. The van der Waals surface area contributed by atoms with Crippen LogP contribution in [0.5, 0.6) is 11.5 Å². The highest BCUT2D eigenvalue weighted by Crippen LogP contribution is 2.40. The first-order valence-corrected chi connectivity index (χ1v) is 10.0. The highest BCUT2D eigenvalue weighted by atomic mass is 16.5. The lowest BCUT2D eigenvalue weighted by Gasteiger charge is -2.27. The molecule has 0 saturated carbocycles. The van der Waals surface area contributed by atoms with Crippen LogP contribution >= 0.6 is 0 Å². The number of H-pyrrole nitrogens is 1. The Hall–Kier alpha value is -4.05. The molecule has 1 aromatic carbocycles. The first-order chi connectivity index (χ1) is 15.0. The molecule has 4 rings (SSSR count). The molecule has 0 amide bonds. The number of nitrogens with one attached hydrogen (secondary N) is 1. The van der Waals surface area contributed by atoms with E-state index >= 15 is 0 Å². The lowest BCUT2D eigenvalue weighted by atomic mass is 9.84. The number of rotatable bonds is 5. The fourth-order valence-electron chi connectivity index (χ4n) is 3.85. The predicted octanol–water partition coefficient (Wildman–Crippen LogP) is 2.64. The van der Waals surface area contributed by atoms with E-state index in [9.17, 15) is 10.1 Å². The standard InChI is InChI=1S/C24H22N4O3/c1-3-30-18-8-6-17(7-9-18)21-19(12-25)23(26)31-20-11-15(2)28(24(29)22(20)21)14-16-5-4-10-27-13-16/h4-11,13,21H,3,14,26H2,1-2H3/p+1. The van der Waals surface area contributed by atoms with E-state index < -0.39 is 5.92 Å². The third-order valence-electron chi connectivity index (χ3n) is 5.33. The van der Waals surface area contributed by atoms with Gasteiger partial charge in [-0.3, -0.25) is 4.79 Å². The largest absolute Gasteiger partial charge is 0.494 e. The van der Waals surface area contributed by atoms with E-state index in [2.05, 4.69) is 11.1 Å². The van der Waals surface area contributed by atoms with Crippen LogP contribution in [0.15, 0.2) is 71.1 Å². The van der Waals surface area contributed by atoms with E-state index in [0.29, 0.717) is 24.5 Å². The molecule has 1 aliphatic rings. The lowest BCUT2D eigenvalue weighted by Crippen LogP contribution is -2.33. The van der Waals surface area contributed by atoms with Crippen LogP contribution in [0.4, 0.5) is 0 Å². The molecule has 7 nitrogen and oxygen atoms in total. The quantitative estimate of drug-likeness (QED) is 0.690. The molecule has 1 aliphatic heterocycles. The van der Waals surface area contributed by atoms with E-state index in [-0.39, 0.29) is 17.0 Å². The Morgan fingerprint density at radius 3 is 2.71 bits per heavy atom. The highest BCUT2D eigenvalue weighted by molar-refractivity contribution is 5.55. The van der Waals surface area contributed by atoms with E-state index in [0.717, 1.165) is 22.6 Å². The van der Waals surface area contributed by atoms with E-state index in [1.807, 2.05) is 62.6 Å². The molecule has 2 aromatic heterocycles. The summed E-state index contributed by atoms with van der Waals surface area (Å²) >= 11 is 0. The Balaban J connectivity index is 1.87. The van der Waals surface area contributed by atoms with Gasteiger partial charge in [-0.05, 0) is 37.6 Å². The van der Waals surface area contributed by atoms with Crippen LogP contribution in [0.3, 0.4) is 0 Å². The van der Waals surface area contributed by atoms with Crippen LogP contribution in [-0.2, 0) is 6.54 Å². The van der Waals surface area contributed by atoms with Crippen molar-refractivity contribution in [3.63, 3.8) is 0 Å². The Kier molecular flexibility index (Phi) is 5.46. The average Bonchev–Trinajstić information content (AvgIpc) is 2.77. The summed E-state index contributed by atoms with van der Waals surface area (Å²) in [5.41, 5.74) is 8.95. The zero-order valence-electron chi connectivity index (χ0n) is 17.4. The number of aromatic nitrogens is 2. The fourth-order valence-corrected chi connectivity index (χ4v) is 3.85. The van der Waals surface area contributed by atoms with E-state index in [4.69, 9.17) is 15.2 Å². The molecule has 3 aromatic rings. The maximum atomic E-state index is 13.6. The summed E-state index contributed by atoms with van der Waals surface area (Å²) < 4.78 is 12.9. The number of nitrogens with two attached hydrogens (primary N) is 1. The SMILES string of the molecule is CCOc1ccc(C2C(C#N)=C(N)Oc3cc(C)n(Cc4ccc[nH+]c4)c(=O)c32)cc1. The van der Waals surface area contributed by atoms with Crippen LogP contribution in [0.1, 0.15) is 35.2 Å². The number of ether oxygens (including phenoxy) is 2. The lowest BCUT2D eigenvalue weighted by molar-refractivity contribution is -0.378. The second-order valence-corrected chi connectivity index (χ2v) is 7.29. The summed E-state index contributed by atoms with van der Waals surface area (Å²) in [6.45, 7) is 4.71. The minimum absolute atomic E-state index is 0.0168. The second-order valence-electron chi connectivity index (χ2n) is 7.29. The van der Waals surface area contributed by atoms with Gasteiger partial charge >= 0.3 is 0 Å². The molecule has 0 spiro atoms. The number of pyridine rings is 2. The summed E-state index contributed by atoms with van der Waals surface area (Å²) in [5, 5.41) is 9.80. The summed E-state index contributed by atoms with van der Waals surface area (Å²) in [6.07, 6.45) is 3.67. The molecule has 0 radical (unpaired) electrons. The molecule has 1 atom stereocenters. The molecule has 0 fully saturated rings. The van der Waals surface area contributed by atoms with Gasteiger partial charge in [0.25, 0.3) is 5.56 Å². The van der Waals surface area contributed by atoms with Crippen molar-refractivity contribution < 1.29 is 14.5 Å². The van der Waals surface area contributed by atoms with Gasteiger partial charge in [0.05, 0.1) is 24.6 Å². The molecule has 0 bridgehead atoms. The summed E-state index contributed by atoms with van der Waals surface area (Å²) in [5.74, 6) is 0.499. The molecule has 3 N–H and O–H groups in total. The monoisotopic (exact) mass is 415 g/mol. The van der Waals surface area contributed by atoms with Gasteiger partial charge < -0.3 is 19.8 Å². The molecule has 31 heavy (non-hydrogen) atoms. The first kappa shape index (κ1) is 20.2. The molecule has 1 unspecified atom stereocenters. The summed E-state index contributed by atoms with van der Waals surface area (Å²) in [7, 11) is 0. The maximum Gasteiger partial charge on any atom is 0.259 e. The molecular formula is C24H23N4O3+. The first-order valence-electron chi connectivity index (χ1n) is 10.0. The number of aryl methyl sites for hydroxylation is 1. The number of hydrogen-bond acceptors (Lipinski definition) is 5. The average molecular weight is 415 g/mol. The van der Waals surface area contributed by atoms with Crippen molar-refractivity contribution in [1.82, 2.24) is 4.57 Å². The number of nitriles is 1. The number of allylic oxidation sites excluding steroid dienone is 1. The van der Waals surface area contributed by atoms with Gasteiger partial charge in [0.2, 0.25) is 5.88 Å². The Morgan fingerprint density at radius 2 is 2.06 bits per heavy atom. The molecule has 0 saturated heterocycles. The Morgan fingerprint density at radius 1 is 1.29 bits per heavy atom. The van der Waals surface area contributed by atoms with Crippen molar-refractivity contribution in [2.24, 2.45) is 5.73 Å². The van der Waals surface area contributed by atoms with Crippen molar-refractivity contribution >= 4 is 0 Å². The number of aromatic amines is 1. The maximum absolute atomic E-state index is 13.6. The van der Waals surface area contributed by atoms with Gasteiger partial charge in [0, 0.05) is 23.4 Å². The van der Waals surface area contributed by atoms with Crippen molar-refractivity contribution in [3.05, 3.63) is 99.1 Å². The minimum Gasteiger partial charge on any atom is -0.494 e. The molecule has 3 heterocycles. The van der Waals surface area contributed by atoms with Crippen LogP contribution in [0.25, 0.3) is 0 Å². The van der Waals surface area contributed by atoms with Crippen molar-refractivity contribution in [2.45, 2.75) is 26.3 Å². The van der Waals surface area contributed by atoms with E-state index in [1.165, 1.54) is 0 Å². The minimum atomic E-state index is -0.619. The van der Waals surface area contributed by atoms with Crippen LogP contribution in [-0.4, -0.2) is 11.2 Å². The van der Waals surface area contributed by atoms with Gasteiger partial charge in [-0.1, -0.05) is 12.1 Å². The number of nitrogens with zero attached hydrogens (tertiary/aromatic N) is 2. The highest BCUT2D eigenvalue weighted by Gasteiger charge is 2.34. The summed E-state index contributed by atoms with van der Waals surface area (Å²) in [4.78, 5) is 16.7. The van der Waals surface area contributed by atoms with Gasteiger partial charge in [-0.15, -0.1) is 0 Å². The normalized spacial score (nSPS) is 15.1. The van der Waals surface area contributed by atoms with Gasteiger partial charge in [0.1, 0.15) is 23.1 Å². The summed E-state index contributed by atoms with van der Waals surface area (Å²) in [6, 6.07) is 15.1. The smallest absolute Gasteiger partial charge is 0.259 e. The van der Waals surface area contributed by atoms with Gasteiger partial charge in [-0.2, -0.15) is 5.26 Å². The molecule has 0 aliphatic carbocycles. The zero-order valence-corrected chi connectivity index (χ0v) is 17.4. The predicted molar refractivity (Wildman–Crippen MR) is 114 cm³/mol. The van der Waals surface area contributed by atoms with Crippen LogP contribution < -0.4 is 25.8 Å². The van der Waals surface area contributed by atoms with Gasteiger partial charge in [-0.25, -0.2) is 4.98 Å². The third kappa shape index (κ3) is 3.76. The van der Waals surface area contributed by atoms with Crippen LogP contribution in [0.2, 0.25) is 0 Å². The van der Waals surface area contributed by atoms with Crippen LogP contribution in [0, 0.1) is 18.3 Å². The number of benzene rings is 1.